The van der Waals surface area contributed by atoms with Gasteiger partial charge in [0.15, 0.2) is 0 Å². The molecule has 0 spiro atoms. The van der Waals surface area contributed by atoms with Crippen LogP contribution in [-0.2, 0) is 4.79 Å². The summed E-state index contributed by atoms with van der Waals surface area (Å²) in [6.07, 6.45) is 1.57. The van der Waals surface area contributed by atoms with E-state index in [1.807, 2.05) is 0 Å². The Hall–Kier alpha value is -1.84. The van der Waals surface area contributed by atoms with Crippen LogP contribution in [0.5, 0.6) is 0 Å². The lowest BCUT2D eigenvalue weighted by atomic mass is 10.2. The molecule has 0 bridgehead atoms. The van der Waals surface area contributed by atoms with Crippen molar-refractivity contribution >= 4 is 17.4 Å². The molecule has 0 saturated heterocycles. The van der Waals surface area contributed by atoms with Crippen molar-refractivity contribution in [1.29, 1.82) is 0 Å². The first-order valence-corrected chi connectivity index (χ1v) is 3.78. The van der Waals surface area contributed by atoms with Gasteiger partial charge >= 0.3 is 0 Å². The van der Waals surface area contributed by atoms with Crippen molar-refractivity contribution in [3.63, 3.8) is 0 Å². The van der Waals surface area contributed by atoms with Gasteiger partial charge in [-0.1, -0.05) is 6.58 Å². The quantitative estimate of drug-likeness (QED) is 0.707. The van der Waals surface area contributed by atoms with Crippen LogP contribution >= 0.6 is 0 Å². The Morgan fingerprint density at radius 1 is 1.69 bits per heavy atom. The smallest absolute Gasteiger partial charge is 0.222 e. The van der Waals surface area contributed by atoms with Gasteiger partial charge in [-0.2, -0.15) is 0 Å². The summed E-state index contributed by atoms with van der Waals surface area (Å²) >= 11 is 0. The number of hydrogen-bond donors (Lipinski definition) is 2. The molecule has 4 heteroatoms. The average Bonchev–Trinajstić information content (AvgIpc) is 2.03. The van der Waals surface area contributed by atoms with E-state index in [-0.39, 0.29) is 5.91 Å². The third-order valence-electron chi connectivity index (χ3n) is 1.43. The molecule has 13 heavy (non-hydrogen) atoms. The van der Waals surface area contributed by atoms with Crippen LogP contribution in [0.1, 0.15) is 12.5 Å². The van der Waals surface area contributed by atoms with Gasteiger partial charge in [-0.25, -0.2) is 4.98 Å². The highest BCUT2D eigenvalue weighted by Crippen LogP contribution is 2.10. The van der Waals surface area contributed by atoms with Crippen molar-refractivity contribution in [3.8, 4) is 0 Å². The second kappa shape index (κ2) is 3.71. The molecule has 0 aliphatic rings. The molecule has 0 atom stereocenters. The van der Waals surface area contributed by atoms with Gasteiger partial charge in [-0.3, -0.25) is 4.79 Å². The summed E-state index contributed by atoms with van der Waals surface area (Å²) in [4.78, 5) is 14.6. The molecular formula is C9H11N3O. The molecule has 0 aliphatic carbocycles. The van der Waals surface area contributed by atoms with Gasteiger partial charge in [0.05, 0.1) is 0 Å². The number of hydrogen-bond acceptors (Lipinski definition) is 3. The molecule has 0 unspecified atom stereocenters. The van der Waals surface area contributed by atoms with E-state index in [0.717, 1.165) is 5.56 Å². The van der Waals surface area contributed by atoms with E-state index in [1.54, 1.807) is 18.3 Å². The molecular weight excluding hydrogens is 166 g/mol. The van der Waals surface area contributed by atoms with E-state index in [1.165, 1.54) is 6.92 Å². The first-order chi connectivity index (χ1) is 6.09. The molecule has 0 saturated carbocycles. The van der Waals surface area contributed by atoms with Crippen molar-refractivity contribution in [1.82, 2.24) is 4.98 Å². The Kier molecular flexibility index (Phi) is 2.64. The van der Waals surface area contributed by atoms with E-state index in [4.69, 9.17) is 5.73 Å². The number of nitrogens with two attached hydrogens (primary N) is 1. The summed E-state index contributed by atoms with van der Waals surface area (Å²) in [6, 6.07) is 3.40. The zero-order valence-corrected chi connectivity index (χ0v) is 7.37. The lowest BCUT2D eigenvalue weighted by molar-refractivity contribution is -0.114. The number of anilines is 1. The van der Waals surface area contributed by atoms with Gasteiger partial charge in [-0.15, -0.1) is 0 Å². The zero-order chi connectivity index (χ0) is 9.84. The molecule has 1 aromatic rings. The zero-order valence-electron chi connectivity index (χ0n) is 7.37. The van der Waals surface area contributed by atoms with E-state index < -0.39 is 0 Å². The highest BCUT2D eigenvalue weighted by atomic mass is 16.1. The van der Waals surface area contributed by atoms with Gasteiger partial charge in [0, 0.05) is 24.4 Å². The van der Waals surface area contributed by atoms with Crippen LogP contribution in [0.2, 0.25) is 0 Å². The van der Waals surface area contributed by atoms with Crippen LogP contribution in [0, 0.1) is 0 Å². The summed E-state index contributed by atoms with van der Waals surface area (Å²) in [5, 5.41) is 2.55. The SMILES string of the molecule is C=C(N)c1ccnc(NC(C)=O)c1. The Labute approximate surface area is 76.5 Å². The monoisotopic (exact) mass is 177 g/mol. The standard InChI is InChI=1S/C9H11N3O/c1-6(10)8-3-4-11-9(5-8)12-7(2)13/h3-5H,1,10H2,2H3,(H,11,12,13). The van der Waals surface area contributed by atoms with Crippen LogP contribution in [0.4, 0.5) is 5.82 Å². The van der Waals surface area contributed by atoms with Gasteiger partial charge in [-0.05, 0) is 12.1 Å². The molecule has 3 N–H and O–H groups in total. The number of aromatic nitrogens is 1. The van der Waals surface area contributed by atoms with E-state index in [9.17, 15) is 4.79 Å². The number of nitrogens with zero attached hydrogens (tertiary/aromatic N) is 1. The van der Waals surface area contributed by atoms with Gasteiger partial charge in [0.1, 0.15) is 5.82 Å². The predicted molar refractivity (Wildman–Crippen MR) is 51.8 cm³/mol. The second-order valence-electron chi connectivity index (χ2n) is 2.64. The molecule has 68 valence electrons. The van der Waals surface area contributed by atoms with Crippen molar-refractivity contribution in [3.05, 3.63) is 30.5 Å². The fraction of sp³-hybridized carbons (Fsp3) is 0.111. The molecule has 1 rings (SSSR count). The minimum absolute atomic E-state index is 0.160. The lowest BCUT2D eigenvalue weighted by Crippen LogP contribution is -2.07. The van der Waals surface area contributed by atoms with Crippen molar-refractivity contribution < 1.29 is 4.79 Å². The molecule has 0 fully saturated rings. The first-order valence-electron chi connectivity index (χ1n) is 3.78. The van der Waals surface area contributed by atoms with Crippen molar-refractivity contribution in [2.75, 3.05) is 5.32 Å². The molecule has 1 aromatic heterocycles. The van der Waals surface area contributed by atoms with Crippen LogP contribution in [0.3, 0.4) is 0 Å². The average molecular weight is 177 g/mol. The summed E-state index contributed by atoms with van der Waals surface area (Å²) in [7, 11) is 0. The third-order valence-corrected chi connectivity index (χ3v) is 1.43. The fourth-order valence-corrected chi connectivity index (χ4v) is 0.879. The van der Waals surface area contributed by atoms with Crippen LogP contribution in [0.15, 0.2) is 24.9 Å². The maximum Gasteiger partial charge on any atom is 0.222 e. The summed E-state index contributed by atoms with van der Waals surface area (Å²) in [5.74, 6) is 0.323. The molecule has 1 amide bonds. The molecule has 0 aliphatic heterocycles. The van der Waals surface area contributed by atoms with Crippen LogP contribution < -0.4 is 11.1 Å². The summed E-state index contributed by atoms with van der Waals surface area (Å²) < 4.78 is 0. The maximum atomic E-state index is 10.7. The molecule has 0 aromatic carbocycles. The highest BCUT2D eigenvalue weighted by molar-refractivity contribution is 5.88. The second-order valence-corrected chi connectivity index (χ2v) is 2.64. The summed E-state index contributed by atoms with van der Waals surface area (Å²) in [6.45, 7) is 5.01. The number of amides is 1. The van der Waals surface area contributed by atoms with E-state index in [0.29, 0.717) is 11.5 Å². The topological polar surface area (TPSA) is 68.0 Å². The number of nitrogens with one attached hydrogen (secondary N) is 1. The Morgan fingerprint density at radius 2 is 2.38 bits per heavy atom. The minimum atomic E-state index is -0.160. The number of carbonyl (C=O) groups is 1. The van der Waals surface area contributed by atoms with Crippen molar-refractivity contribution in [2.24, 2.45) is 5.73 Å². The van der Waals surface area contributed by atoms with Gasteiger partial charge in [0.25, 0.3) is 0 Å². The van der Waals surface area contributed by atoms with Crippen LogP contribution in [-0.4, -0.2) is 10.9 Å². The molecule has 1 heterocycles. The van der Waals surface area contributed by atoms with E-state index in [2.05, 4.69) is 16.9 Å². The van der Waals surface area contributed by atoms with Crippen LogP contribution in [0.25, 0.3) is 5.70 Å². The van der Waals surface area contributed by atoms with Crippen molar-refractivity contribution in [2.45, 2.75) is 6.92 Å². The third kappa shape index (κ3) is 2.59. The molecule has 4 nitrogen and oxygen atoms in total. The number of pyridine rings is 1. The highest BCUT2D eigenvalue weighted by Gasteiger charge is 1.99. The minimum Gasteiger partial charge on any atom is -0.399 e. The number of carbonyl (C=O) groups excluding carboxylic acids is 1. The van der Waals surface area contributed by atoms with Gasteiger partial charge < -0.3 is 11.1 Å². The van der Waals surface area contributed by atoms with Gasteiger partial charge in [0.2, 0.25) is 5.91 Å². The Balaban J connectivity index is 2.91. The first kappa shape index (κ1) is 9.25. The Morgan fingerprint density at radius 3 is 2.92 bits per heavy atom. The summed E-state index contributed by atoms with van der Waals surface area (Å²) in [5.41, 5.74) is 6.69. The Bertz CT molecular complexity index is 346. The normalized spacial score (nSPS) is 9.31. The maximum absolute atomic E-state index is 10.7. The lowest BCUT2D eigenvalue weighted by Gasteiger charge is -2.03. The van der Waals surface area contributed by atoms with E-state index >= 15 is 0 Å². The fourth-order valence-electron chi connectivity index (χ4n) is 0.879. The number of rotatable bonds is 2. The largest absolute Gasteiger partial charge is 0.399 e. The molecule has 0 radical (unpaired) electrons. The predicted octanol–water partition coefficient (Wildman–Crippen LogP) is 0.969.